The van der Waals surface area contributed by atoms with E-state index in [1.165, 1.54) is 25.7 Å². The molecule has 1 aromatic rings. The molecule has 1 aliphatic rings. The van der Waals surface area contributed by atoms with E-state index < -0.39 is 0 Å². The molecule has 0 unspecified atom stereocenters. The van der Waals surface area contributed by atoms with Gasteiger partial charge in [-0.1, -0.05) is 12.8 Å². The molecule has 0 amide bonds. The average molecular weight is 221 g/mol. The minimum Gasteiger partial charge on any atom is -0.384 e. The van der Waals surface area contributed by atoms with Crippen LogP contribution in [-0.2, 0) is 4.74 Å². The number of pyridine rings is 1. The van der Waals surface area contributed by atoms with Gasteiger partial charge in [-0.05, 0) is 25.0 Å². The Morgan fingerprint density at radius 1 is 1.38 bits per heavy atom. The van der Waals surface area contributed by atoms with Gasteiger partial charge in [0.15, 0.2) is 0 Å². The van der Waals surface area contributed by atoms with Crippen LogP contribution in [0.15, 0.2) is 18.3 Å². The highest BCUT2D eigenvalue weighted by Crippen LogP contribution is 2.20. The van der Waals surface area contributed by atoms with Crippen LogP contribution in [0.25, 0.3) is 0 Å². The van der Waals surface area contributed by atoms with E-state index in [1.807, 2.05) is 6.07 Å². The summed E-state index contributed by atoms with van der Waals surface area (Å²) in [5.74, 6) is 0.549. The van der Waals surface area contributed by atoms with Gasteiger partial charge >= 0.3 is 0 Å². The fourth-order valence-electron chi connectivity index (χ4n) is 1.99. The van der Waals surface area contributed by atoms with E-state index in [4.69, 9.17) is 10.5 Å². The summed E-state index contributed by atoms with van der Waals surface area (Å²) in [7, 11) is 0. The molecule has 0 saturated heterocycles. The number of anilines is 2. The maximum Gasteiger partial charge on any atom is 0.123 e. The molecular formula is C12H19N3O. The molecule has 0 aliphatic heterocycles. The van der Waals surface area contributed by atoms with Gasteiger partial charge in [0.1, 0.15) is 5.82 Å². The lowest BCUT2D eigenvalue weighted by Crippen LogP contribution is -2.15. The molecule has 0 aromatic carbocycles. The molecule has 4 heteroatoms. The molecule has 0 radical (unpaired) electrons. The number of nitrogen functional groups attached to an aromatic ring is 1. The van der Waals surface area contributed by atoms with Crippen molar-refractivity contribution >= 4 is 11.5 Å². The summed E-state index contributed by atoms with van der Waals surface area (Å²) in [6.45, 7) is 1.58. The molecular weight excluding hydrogens is 202 g/mol. The number of hydrogen-bond donors (Lipinski definition) is 2. The first-order valence-corrected chi connectivity index (χ1v) is 5.91. The lowest BCUT2D eigenvalue weighted by molar-refractivity contribution is 0.0659. The van der Waals surface area contributed by atoms with Crippen LogP contribution in [0.4, 0.5) is 11.5 Å². The number of hydrogen-bond acceptors (Lipinski definition) is 4. The molecule has 0 atom stereocenters. The van der Waals surface area contributed by atoms with Crippen LogP contribution in [0, 0.1) is 0 Å². The van der Waals surface area contributed by atoms with Crippen LogP contribution >= 0.6 is 0 Å². The number of ether oxygens (including phenoxy) is 1. The van der Waals surface area contributed by atoms with Gasteiger partial charge in [-0.25, -0.2) is 4.98 Å². The minimum absolute atomic E-state index is 0.492. The van der Waals surface area contributed by atoms with Gasteiger partial charge in [0.2, 0.25) is 0 Å². The Balaban J connectivity index is 1.62. The van der Waals surface area contributed by atoms with Crippen molar-refractivity contribution < 1.29 is 4.74 Å². The Bertz CT molecular complexity index is 307. The monoisotopic (exact) mass is 221 g/mol. The summed E-state index contributed by atoms with van der Waals surface area (Å²) in [4.78, 5) is 4.01. The topological polar surface area (TPSA) is 60.2 Å². The van der Waals surface area contributed by atoms with Crippen molar-refractivity contribution in [3.05, 3.63) is 18.3 Å². The van der Waals surface area contributed by atoms with E-state index in [0.29, 0.717) is 11.9 Å². The van der Waals surface area contributed by atoms with Crippen molar-refractivity contribution in [2.75, 3.05) is 24.2 Å². The highest BCUT2D eigenvalue weighted by Gasteiger charge is 2.14. The second kappa shape index (κ2) is 5.70. The number of aromatic nitrogens is 1. The van der Waals surface area contributed by atoms with Crippen LogP contribution < -0.4 is 11.1 Å². The number of rotatable bonds is 5. The number of nitrogens with zero attached hydrogens (tertiary/aromatic N) is 1. The van der Waals surface area contributed by atoms with Crippen LogP contribution in [-0.4, -0.2) is 24.2 Å². The molecule has 16 heavy (non-hydrogen) atoms. The van der Waals surface area contributed by atoms with Crippen LogP contribution in [0.1, 0.15) is 25.7 Å². The first-order valence-electron chi connectivity index (χ1n) is 5.91. The highest BCUT2D eigenvalue weighted by atomic mass is 16.5. The summed E-state index contributed by atoms with van der Waals surface area (Å²) >= 11 is 0. The third-order valence-corrected chi connectivity index (χ3v) is 2.87. The number of nitrogens with two attached hydrogens (primary N) is 1. The third kappa shape index (κ3) is 3.38. The van der Waals surface area contributed by atoms with Crippen LogP contribution in [0.3, 0.4) is 0 Å². The zero-order chi connectivity index (χ0) is 11.2. The van der Waals surface area contributed by atoms with Gasteiger partial charge in [0.05, 0.1) is 24.6 Å². The first kappa shape index (κ1) is 11.2. The predicted octanol–water partition coefficient (Wildman–Crippen LogP) is 2.03. The normalized spacial score (nSPS) is 16.5. The molecule has 1 saturated carbocycles. The average Bonchev–Trinajstić information content (AvgIpc) is 2.80. The molecule has 1 fully saturated rings. The standard InChI is InChI=1S/C12H19N3O/c13-12-6-5-10(9-15-12)14-7-8-16-11-3-1-2-4-11/h5-6,9,11,14H,1-4,7-8H2,(H2,13,15). The fraction of sp³-hybridized carbons (Fsp3) is 0.583. The summed E-state index contributed by atoms with van der Waals surface area (Å²) in [5.41, 5.74) is 6.49. The van der Waals surface area contributed by atoms with E-state index in [1.54, 1.807) is 12.3 Å². The predicted molar refractivity (Wildman–Crippen MR) is 65.3 cm³/mol. The smallest absolute Gasteiger partial charge is 0.123 e. The molecule has 0 spiro atoms. The Morgan fingerprint density at radius 2 is 2.19 bits per heavy atom. The van der Waals surface area contributed by atoms with Crippen molar-refractivity contribution in [2.45, 2.75) is 31.8 Å². The zero-order valence-corrected chi connectivity index (χ0v) is 9.48. The second-order valence-corrected chi connectivity index (χ2v) is 4.18. The van der Waals surface area contributed by atoms with Crippen LogP contribution in [0.5, 0.6) is 0 Å². The summed E-state index contributed by atoms with van der Waals surface area (Å²) in [6.07, 6.45) is 7.32. The molecule has 4 nitrogen and oxygen atoms in total. The van der Waals surface area contributed by atoms with E-state index in [0.717, 1.165) is 18.8 Å². The van der Waals surface area contributed by atoms with E-state index in [2.05, 4.69) is 10.3 Å². The maximum absolute atomic E-state index is 5.74. The van der Waals surface area contributed by atoms with Crippen molar-refractivity contribution in [1.29, 1.82) is 0 Å². The number of nitrogens with one attached hydrogen (secondary N) is 1. The molecule has 2 rings (SSSR count). The summed E-state index contributed by atoms with van der Waals surface area (Å²) in [5, 5.41) is 3.25. The Labute approximate surface area is 96.2 Å². The molecule has 1 aliphatic carbocycles. The molecule has 1 aromatic heterocycles. The molecule has 1 heterocycles. The van der Waals surface area contributed by atoms with Crippen molar-refractivity contribution in [3.63, 3.8) is 0 Å². The van der Waals surface area contributed by atoms with Crippen molar-refractivity contribution in [3.8, 4) is 0 Å². The second-order valence-electron chi connectivity index (χ2n) is 4.18. The molecule has 88 valence electrons. The Kier molecular flexibility index (Phi) is 3.99. The van der Waals surface area contributed by atoms with Gasteiger partial charge in [0, 0.05) is 6.54 Å². The zero-order valence-electron chi connectivity index (χ0n) is 9.48. The van der Waals surface area contributed by atoms with Crippen molar-refractivity contribution in [2.24, 2.45) is 0 Å². The summed E-state index contributed by atoms with van der Waals surface area (Å²) < 4.78 is 5.74. The van der Waals surface area contributed by atoms with Gasteiger partial charge in [-0.3, -0.25) is 0 Å². The van der Waals surface area contributed by atoms with Gasteiger partial charge in [-0.15, -0.1) is 0 Å². The SMILES string of the molecule is Nc1ccc(NCCOC2CCCC2)cn1. The van der Waals surface area contributed by atoms with Gasteiger partial charge < -0.3 is 15.8 Å². The summed E-state index contributed by atoms with van der Waals surface area (Å²) in [6, 6.07) is 3.72. The third-order valence-electron chi connectivity index (χ3n) is 2.87. The maximum atomic E-state index is 5.74. The quantitative estimate of drug-likeness (QED) is 0.747. The lowest BCUT2D eigenvalue weighted by atomic mass is 10.3. The van der Waals surface area contributed by atoms with Crippen molar-refractivity contribution in [1.82, 2.24) is 4.98 Å². The van der Waals surface area contributed by atoms with Gasteiger partial charge in [0.25, 0.3) is 0 Å². The highest BCUT2D eigenvalue weighted by molar-refractivity contribution is 5.45. The van der Waals surface area contributed by atoms with Gasteiger partial charge in [-0.2, -0.15) is 0 Å². The van der Waals surface area contributed by atoms with E-state index >= 15 is 0 Å². The lowest BCUT2D eigenvalue weighted by Gasteiger charge is -2.11. The Hall–Kier alpha value is -1.29. The first-order chi connectivity index (χ1) is 7.84. The molecule has 3 N–H and O–H groups in total. The minimum atomic E-state index is 0.492. The fourth-order valence-corrected chi connectivity index (χ4v) is 1.99. The van der Waals surface area contributed by atoms with Crippen LogP contribution in [0.2, 0.25) is 0 Å². The largest absolute Gasteiger partial charge is 0.384 e. The molecule has 0 bridgehead atoms. The van der Waals surface area contributed by atoms with E-state index in [-0.39, 0.29) is 0 Å². The van der Waals surface area contributed by atoms with E-state index in [9.17, 15) is 0 Å². The Morgan fingerprint density at radius 3 is 2.88 bits per heavy atom.